The molecule has 104 valence electrons. The van der Waals surface area contributed by atoms with Crippen LogP contribution in [0.2, 0.25) is 5.02 Å². The van der Waals surface area contributed by atoms with Gasteiger partial charge in [0.15, 0.2) is 0 Å². The van der Waals surface area contributed by atoms with Crippen molar-refractivity contribution >= 4 is 38.9 Å². The third-order valence-electron chi connectivity index (χ3n) is 2.76. The standard InChI is InChI=1S/C14H12BrClN2O2/c1-9-2-3-13(16)14(4-9)17-8-10-5-11(15)7-12(6-10)18(19)20/h2-7,17H,8H2,1H3. The molecule has 0 saturated carbocycles. The molecule has 1 N–H and O–H groups in total. The monoisotopic (exact) mass is 354 g/mol. The van der Waals surface area contributed by atoms with Crippen LogP contribution in [0.3, 0.4) is 0 Å². The van der Waals surface area contributed by atoms with Crippen LogP contribution in [0.25, 0.3) is 0 Å². The highest BCUT2D eigenvalue weighted by Gasteiger charge is 2.09. The molecule has 0 fully saturated rings. The number of nitrogens with one attached hydrogen (secondary N) is 1. The molecule has 0 atom stereocenters. The van der Waals surface area contributed by atoms with Crippen molar-refractivity contribution in [1.29, 1.82) is 0 Å². The van der Waals surface area contributed by atoms with Gasteiger partial charge < -0.3 is 5.32 Å². The Balaban J connectivity index is 2.18. The lowest BCUT2D eigenvalue weighted by Gasteiger charge is -2.09. The third kappa shape index (κ3) is 3.71. The molecule has 0 saturated heterocycles. The molecule has 0 heterocycles. The maximum absolute atomic E-state index is 10.8. The maximum Gasteiger partial charge on any atom is 0.270 e. The van der Waals surface area contributed by atoms with Crippen LogP contribution in [-0.2, 0) is 6.54 Å². The van der Waals surface area contributed by atoms with E-state index in [1.54, 1.807) is 6.07 Å². The zero-order valence-electron chi connectivity index (χ0n) is 10.7. The molecule has 0 unspecified atom stereocenters. The Kier molecular flexibility index (Phi) is 4.62. The highest BCUT2D eigenvalue weighted by atomic mass is 79.9. The SMILES string of the molecule is Cc1ccc(Cl)c(NCc2cc(Br)cc([N+](=O)[O-])c2)c1. The number of rotatable bonds is 4. The van der Waals surface area contributed by atoms with Gasteiger partial charge in [0.2, 0.25) is 0 Å². The molecule has 0 radical (unpaired) electrons. The van der Waals surface area contributed by atoms with E-state index < -0.39 is 4.92 Å². The lowest BCUT2D eigenvalue weighted by Crippen LogP contribution is -2.01. The van der Waals surface area contributed by atoms with Crippen molar-refractivity contribution in [2.24, 2.45) is 0 Å². The average molecular weight is 356 g/mol. The van der Waals surface area contributed by atoms with Crippen molar-refractivity contribution in [2.45, 2.75) is 13.5 Å². The second-order valence-corrected chi connectivity index (χ2v) is 5.73. The molecule has 0 aliphatic rings. The predicted molar refractivity (Wildman–Crippen MR) is 84.3 cm³/mol. The van der Waals surface area contributed by atoms with Crippen molar-refractivity contribution in [1.82, 2.24) is 0 Å². The van der Waals surface area contributed by atoms with Gasteiger partial charge in [-0.3, -0.25) is 10.1 Å². The zero-order chi connectivity index (χ0) is 14.7. The first-order chi connectivity index (χ1) is 9.45. The molecule has 2 aromatic carbocycles. The minimum absolute atomic E-state index is 0.0616. The Morgan fingerprint density at radius 2 is 2.05 bits per heavy atom. The number of halogens is 2. The van der Waals surface area contributed by atoms with E-state index in [-0.39, 0.29) is 5.69 Å². The van der Waals surface area contributed by atoms with E-state index in [9.17, 15) is 10.1 Å². The topological polar surface area (TPSA) is 55.2 Å². The van der Waals surface area contributed by atoms with Crippen LogP contribution in [0.1, 0.15) is 11.1 Å². The van der Waals surface area contributed by atoms with Gasteiger partial charge in [0.25, 0.3) is 5.69 Å². The van der Waals surface area contributed by atoms with E-state index in [0.717, 1.165) is 16.8 Å². The number of nitro benzene ring substituents is 1. The molecule has 20 heavy (non-hydrogen) atoms. The molecule has 0 spiro atoms. The quantitative estimate of drug-likeness (QED) is 0.625. The number of non-ortho nitro benzene ring substituents is 1. The summed E-state index contributed by atoms with van der Waals surface area (Å²) in [5.74, 6) is 0. The number of hydrogen-bond acceptors (Lipinski definition) is 3. The molecule has 6 heteroatoms. The van der Waals surface area contributed by atoms with Gasteiger partial charge >= 0.3 is 0 Å². The fourth-order valence-electron chi connectivity index (χ4n) is 1.81. The largest absolute Gasteiger partial charge is 0.380 e. The number of hydrogen-bond donors (Lipinski definition) is 1. The molecule has 0 aliphatic heterocycles. The molecule has 4 nitrogen and oxygen atoms in total. The van der Waals surface area contributed by atoms with Crippen LogP contribution in [-0.4, -0.2) is 4.92 Å². The minimum atomic E-state index is -0.409. The van der Waals surface area contributed by atoms with Crippen molar-refractivity contribution < 1.29 is 4.92 Å². The van der Waals surface area contributed by atoms with Crippen molar-refractivity contribution in [3.8, 4) is 0 Å². The van der Waals surface area contributed by atoms with Crippen LogP contribution < -0.4 is 5.32 Å². The van der Waals surface area contributed by atoms with Crippen molar-refractivity contribution in [2.75, 3.05) is 5.32 Å². The first-order valence-electron chi connectivity index (χ1n) is 5.89. The van der Waals surface area contributed by atoms with Crippen LogP contribution >= 0.6 is 27.5 Å². The third-order valence-corrected chi connectivity index (χ3v) is 3.55. The van der Waals surface area contributed by atoms with Gasteiger partial charge in [-0.05, 0) is 36.2 Å². The second kappa shape index (κ2) is 6.24. The summed E-state index contributed by atoms with van der Waals surface area (Å²) < 4.78 is 0.679. The van der Waals surface area contributed by atoms with E-state index in [4.69, 9.17) is 11.6 Å². The first-order valence-corrected chi connectivity index (χ1v) is 7.06. The molecule has 0 aromatic heterocycles. The highest BCUT2D eigenvalue weighted by Crippen LogP contribution is 2.25. The fourth-order valence-corrected chi connectivity index (χ4v) is 2.53. The number of aryl methyl sites for hydroxylation is 1. The van der Waals surface area contributed by atoms with Crippen LogP contribution in [0.5, 0.6) is 0 Å². The molecular weight excluding hydrogens is 344 g/mol. The summed E-state index contributed by atoms with van der Waals surface area (Å²) >= 11 is 9.37. The van der Waals surface area contributed by atoms with Gasteiger partial charge in [0.1, 0.15) is 0 Å². The summed E-state index contributed by atoms with van der Waals surface area (Å²) in [6, 6.07) is 10.5. The highest BCUT2D eigenvalue weighted by molar-refractivity contribution is 9.10. The fraction of sp³-hybridized carbons (Fsp3) is 0.143. The molecule has 2 aromatic rings. The summed E-state index contributed by atoms with van der Waals surface area (Å²) in [4.78, 5) is 10.4. The maximum atomic E-state index is 10.8. The summed E-state index contributed by atoms with van der Waals surface area (Å²) in [7, 11) is 0. The van der Waals surface area contributed by atoms with Crippen LogP contribution in [0.4, 0.5) is 11.4 Å². The number of benzene rings is 2. The van der Waals surface area contributed by atoms with Gasteiger partial charge in [-0.2, -0.15) is 0 Å². The Hall–Kier alpha value is -1.59. The van der Waals surface area contributed by atoms with Gasteiger partial charge in [-0.15, -0.1) is 0 Å². The van der Waals surface area contributed by atoms with Crippen molar-refractivity contribution in [3.63, 3.8) is 0 Å². The zero-order valence-corrected chi connectivity index (χ0v) is 13.0. The number of nitrogens with zero attached hydrogens (tertiary/aromatic N) is 1. The molecule has 0 amide bonds. The Bertz CT molecular complexity index is 662. The van der Waals surface area contributed by atoms with Gasteiger partial charge in [0, 0.05) is 23.2 Å². The normalized spacial score (nSPS) is 10.3. The van der Waals surface area contributed by atoms with E-state index in [2.05, 4.69) is 21.2 Å². The summed E-state index contributed by atoms with van der Waals surface area (Å²) in [5, 5.41) is 14.6. The molecule has 2 rings (SSSR count). The minimum Gasteiger partial charge on any atom is -0.380 e. The second-order valence-electron chi connectivity index (χ2n) is 4.41. The average Bonchev–Trinajstić information content (AvgIpc) is 2.39. The summed E-state index contributed by atoms with van der Waals surface area (Å²) in [6.45, 7) is 2.44. The van der Waals surface area contributed by atoms with Gasteiger partial charge in [0.05, 0.1) is 15.6 Å². The first kappa shape index (κ1) is 14.8. The lowest BCUT2D eigenvalue weighted by atomic mass is 10.2. The lowest BCUT2D eigenvalue weighted by molar-refractivity contribution is -0.385. The number of nitro groups is 1. The Labute approximate surface area is 130 Å². The number of anilines is 1. The van der Waals surface area contributed by atoms with Gasteiger partial charge in [-0.25, -0.2) is 0 Å². The summed E-state index contributed by atoms with van der Waals surface area (Å²) in [6.07, 6.45) is 0. The predicted octanol–water partition coefficient (Wildman–Crippen LogP) is 4.93. The van der Waals surface area contributed by atoms with E-state index in [1.807, 2.05) is 31.2 Å². The summed E-state index contributed by atoms with van der Waals surface area (Å²) in [5.41, 5.74) is 2.78. The Morgan fingerprint density at radius 1 is 1.30 bits per heavy atom. The van der Waals surface area contributed by atoms with Crippen molar-refractivity contribution in [3.05, 3.63) is 67.1 Å². The molecule has 0 bridgehead atoms. The Morgan fingerprint density at radius 3 is 2.75 bits per heavy atom. The van der Waals surface area contributed by atoms with E-state index in [1.165, 1.54) is 6.07 Å². The van der Waals surface area contributed by atoms with Crippen LogP contribution in [0, 0.1) is 17.0 Å². The van der Waals surface area contributed by atoms with E-state index >= 15 is 0 Å². The molecular formula is C14H12BrClN2O2. The van der Waals surface area contributed by atoms with Gasteiger partial charge in [-0.1, -0.05) is 33.6 Å². The smallest absolute Gasteiger partial charge is 0.270 e. The van der Waals surface area contributed by atoms with Crippen LogP contribution in [0.15, 0.2) is 40.9 Å². The molecule has 0 aliphatic carbocycles. The van der Waals surface area contributed by atoms with E-state index in [0.29, 0.717) is 16.0 Å².